The molecule has 4 aromatic rings. The molecule has 3 aromatic heterocycles. The molecule has 178 valence electrons. The first-order chi connectivity index (χ1) is 15.9. The van der Waals surface area contributed by atoms with Crippen LogP contribution in [0.2, 0.25) is 0 Å². The average molecular weight is 489 g/mol. The number of fused-ring (bicyclic) bond motifs is 1. The first-order valence-corrected chi connectivity index (χ1v) is 11.3. The van der Waals surface area contributed by atoms with E-state index >= 15 is 0 Å². The van der Waals surface area contributed by atoms with Crippen molar-refractivity contribution in [3.05, 3.63) is 65.2 Å². The molecule has 0 saturated heterocycles. The predicted octanol–water partition coefficient (Wildman–Crippen LogP) is 5.90. The van der Waals surface area contributed by atoms with Crippen LogP contribution in [0.25, 0.3) is 11.0 Å². The molecule has 4 rings (SSSR count). The molecule has 0 fully saturated rings. The molecule has 1 aromatic carbocycles. The summed E-state index contributed by atoms with van der Waals surface area (Å²) in [7, 11) is 0. The number of thiazole rings is 1. The number of imidazole rings is 1. The van der Waals surface area contributed by atoms with E-state index in [4.69, 9.17) is 0 Å². The van der Waals surface area contributed by atoms with Gasteiger partial charge < -0.3 is 15.2 Å². The second-order valence-corrected chi connectivity index (χ2v) is 9.87. The van der Waals surface area contributed by atoms with Gasteiger partial charge in [-0.1, -0.05) is 11.3 Å². The summed E-state index contributed by atoms with van der Waals surface area (Å²) in [6.07, 6.45) is 0.550. The fourth-order valence-corrected chi connectivity index (χ4v) is 4.16. The SMILES string of the molecule is CC(NC(=O)c1cc2c(cn1)ncn2C(C)(C)C)c1cnc(Nc2ccc(C(F)(F)F)cc2)s1. The van der Waals surface area contributed by atoms with E-state index in [1.54, 1.807) is 24.8 Å². The Morgan fingerprint density at radius 1 is 1.06 bits per heavy atom. The number of anilines is 2. The van der Waals surface area contributed by atoms with Crippen molar-refractivity contribution >= 4 is 39.1 Å². The molecule has 0 aliphatic heterocycles. The van der Waals surface area contributed by atoms with Crippen LogP contribution >= 0.6 is 11.3 Å². The minimum absolute atomic E-state index is 0.198. The van der Waals surface area contributed by atoms with Crippen LogP contribution in [0.15, 0.2) is 49.1 Å². The number of rotatable bonds is 5. The number of amides is 1. The Kier molecular flexibility index (Phi) is 6.07. The maximum absolute atomic E-state index is 12.8. The van der Waals surface area contributed by atoms with Gasteiger partial charge >= 0.3 is 6.18 Å². The highest BCUT2D eigenvalue weighted by atomic mass is 32.1. The van der Waals surface area contributed by atoms with Crippen molar-refractivity contribution < 1.29 is 18.0 Å². The Hall–Kier alpha value is -3.47. The van der Waals surface area contributed by atoms with Crippen LogP contribution in [0.1, 0.15) is 54.7 Å². The number of carbonyl (C=O) groups excluding carboxylic acids is 1. The summed E-state index contributed by atoms with van der Waals surface area (Å²) in [6, 6.07) is 6.08. The fraction of sp³-hybridized carbons (Fsp3) is 0.304. The van der Waals surface area contributed by atoms with Crippen molar-refractivity contribution in [3.63, 3.8) is 0 Å². The number of pyridine rings is 1. The van der Waals surface area contributed by atoms with Gasteiger partial charge in [0.2, 0.25) is 0 Å². The Morgan fingerprint density at radius 2 is 1.76 bits per heavy atom. The number of nitrogens with zero attached hydrogens (tertiary/aromatic N) is 4. The standard InChI is InChI=1S/C23H23F3N6OS/c1-13(19-11-28-21(34-19)31-15-7-5-14(6-8-15)23(24,25)26)30-20(33)16-9-18-17(10-27-16)29-12-32(18)22(2,3)4/h5-13H,1-4H3,(H,28,31)(H,30,33). The van der Waals surface area contributed by atoms with Gasteiger partial charge in [0.05, 0.1) is 29.6 Å². The smallest absolute Gasteiger partial charge is 0.343 e. The minimum atomic E-state index is -4.38. The van der Waals surface area contributed by atoms with Crippen molar-refractivity contribution in [3.8, 4) is 0 Å². The maximum atomic E-state index is 12.8. The number of hydrogen-bond donors (Lipinski definition) is 2. The molecular weight excluding hydrogens is 465 g/mol. The Morgan fingerprint density at radius 3 is 2.41 bits per heavy atom. The number of benzene rings is 1. The monoisotopic (exact) mass is 488 g/mol. The van der Waals surface area contributed by atoms with Gasteiger partial charge in [0.1, 0.15) is 11.2 Å². The molecule has 1 amide bonds. The van der Waals surface area contributed by atoms with Crippen molar-refractivity contribution in [2.45, 2.75) is 45.5 Å². The zero-order valence-corrected chi connectivity index (χ0v) is 19.8. The Bertz CT molecular complexity index is 1320. The van der Waals surface area contributed by atoms with Gasteiger partial charge in [0.25, 0.3) is 5.91 Å². The molecule has 3 heterocycles. The van der Waals surface area contributed by atoms with E-state index in [1.165, 1.54) is 23.5 Å². The Labute approximate surface area is 198 Å². The number of halogens is 3. The molecule has 0 aliphatic carbocycles. The molecule has 11 heteroatoms. The molecule has 0 spiro atoms. The Balaban J connectivity index is 1.44. The van der Waals surface area contributed by atoms with Gasteiger partial charge in [-0.25, -0.2) is 15.0 Å². The first-order valence-electron chi connectivity index (χ1n) is 10.5. The number of hydrogen-bond acceptors (Lipinski definition) is 6. The van der Waals surface area contributed by atoms with E-state index in [1.807, 2.05) is 11.5 Å². The molecule has 2 N–H and O–H groups in total. The number of alkyl halides is 3. The van der Waals surface area contributed by atoms with Crippen LogP contribution in [0.4, 0.5) is 24.0 Å². The summed E-state index contributed by atoms with van der Waals surface area (Å²) in [5, 5.41) is 6.41. The predicted molar refractivity (Wildman–Crippen MR) is 125 cm³/mol. The quantitative estimate of drug-likeness (QED) is 0.366. The second-order valence-electron chi connectivity index (χ2n) is 8.81. The third kappa shape index (κ3) is 5.04. The molecular formula is C23H23F3N6OS. The lowest BCUT2D eigenvalue weighted by Crippen LogP contribution is -2.27. The summed E-state index contributed by atoms with van der Waals surface area (Å²) in [5.41, 5.74) is 1.38. The van der Waals surface area contributed by atoms with Gasteiger partial charge in [-0.2, -0.15) is 13.2 Å². The van der Waals surface area contributed by atoms with E-state index in [0.717, 1.165) is 22.5 Å². The van der Waals surface area contributed by atoms with Gasteiger partial charge in [-0.3, -0.25) is 4.79 Å². The molecule has 1 unspecified atom stereocenters. The number of carbonyl (C=O) groups is 1. The first kappa shape index (κ1) is 23.7. The van der Waals surface area contributed by atoms with Crippen molar-refractivity contribution in [2.24, 2.45) is 0 Å². The normalized spacial score (nSPS) is 13.1. The van der Waals surface area contributed by atoms with Gasteiger partial charge in [-0.05, 0) is 58.0 Å². The highest BCUT2D eigenvalue weighted by Crippen LogP contribution is 2.31. The van der Waals surface area contributed by atoms with E-state index in [0.29, 0.717) is 16.3 Å². The number of aromatic nitrogens is 4. The highest BCUT2D eigenvalue weighted by molar-refractivity contribution is 7.15. The summed E-state index contributed by atoms with van der Waals surface area (Å²) in [5.74, 6) is -0.332. The maximum Gasteiger partial charge on any atom is 0.416 e. The van der Waals surface area contributed by atoms with Crippen LogP contribution in [-0.4, -0.2) is 25.4 Å². The van der Waals surface area contributed by atoms with Crippen LogP contribution in [-0.2, 0) is 11.7 Å². The highest BCUT2D eigenvalue weighted by Gasteiger charge is 2.30. The van der Waals surface area contributed by atoms with Crippen molar-refractivity contribution in [2.75, 3.05) is 5.32 Å². The lowest BCUT2D eigenvalue weighted by molar-refractivity contribution is -0.137. The largest absolute Gasteiger partial charge is 0.416 e. The van der Waals surface area contributed by atoms with E-state index < -0.39 is 11.7 Å². The van der Waals surface area contributed by atoms with Crippen LogP contribution in [0.5, 0.6) is 0 Å². The number of nitrogens with one attached hydrogen (secondary N) is 2. The zero-order chi connectivity index (χ0) is 24.7. The fourth-order valence-electron chi connectivity index (χ4n) is 3.32. The molecule has 0 aliphatic rings. The molecule has 34 heavy (non-hydrogen) atoms. The van der Waals surface area contributed by atoms with Gasteiger partial charge in [0, 0.05) is 22.3 Å². The van der Waals surface area contributed by atoms with E-state index in [-0.39, 0.29) is 23.2 Å². The molecule has 0 saturated carbocycles. The van der Waals surface area contributed by atoms with Crippen molar-refractivity contribution in [1.82, 2.24) is 24.8 Å². The van der Waals surface area contributed by atoms with Gasteiger partial charge in [-0.15, -0.1) is 0 Å². The summed E-state index contributed by atoms with van der Waals surface area (Å²) in [4.78, 5) is 26.5. The van der Waals surface area contributed by atoms with Crippen molar-refractivity contribution in [1.29, 1.82) is 0 Å². The minimum Gasteiger partial charge on any atom is -0.343 e. The average Bonchev–Trinajstić information content (AvgIpc) is 3.39. The molecule has 0 radical (unpaired) electrons. The molecule has 0 bridgehead atoms. The van der Waals surface area contributed by atoms with E-state index in [2.05, 4.69) is 46.4 Å². The lowest BCUT2D eigenvalue weighted by Gasteiger charge is -2.21. The molecule has 7 nitrogen and oxygen atoms in total. The third-order valence-corrected chi connectivity index (χ3v) is 6.25. The lowest BCUT2D eigenvalue weighted by atomic mass is 10.1. The van der Waals surface area contributed by atoms with Crippen LogP contribution < -0.4 is 10.6 Å². The second kappa shape index (κ2) is 8.71. The topological polar surface area (TPSA) is 84.7 Å². The summed E-state index contributed by atoms with van der Waals surface area (Å²) < 4.78 is 40.2. The summed E-state index contributed by atoms with van der Waals surface area (Å²) >= 11 is 1.30. The zero-order valence-electron chi connectivity index (χ0n) is 18.9. The van der Waals surface area contributed by atoms with Crippen LogP contribution in [0, 0.1) is 0 Å². The van der Waals surface area contributed by atoms with E-state index in [9.17, 15) is 18.0 Å². The van der Waals surface area contributed by atoms with Gasteiger partial charge in [0.15, 0.2) is 5.13 Å². The van der Waals surface area contributed by atoms with Crippen LogP contribution in [0.3, 0.4) is 0 Å². The molecule has 1 atom stereocenters. The summed E-state index contributed by atoms with van der Waals surface area (Å²) in [6.45, 7) is 7.98. The third-order valence-electron chi connectivity index (χ3n) is 5.15.